The molecule has 7 nitrogen and oxygen atoms in total. The molecule has 202 valence electrons. The van der Waals surface area contributed by atoms with Gasteiger partial charge in [0.15, 0.2) is 0 Å². The summed E-state index contributed by atoms with van der Waals surface area (Å²) in [6.45, 7) is 10.9. The van der Waals surface area contributed by atoms with Gasteiger partial charge in [0.05, 0.1) is 20.8 Å². The van der Waals surface area contributed by atoms with E-state index in [9.17, 15) is 14.7 Å². The number of fused-ring (bicyclic) bond motifs is 1. The number of nitrogens with zero attached hydrogens (tertiary/aromatic N) is 2. The van der Waals surface area contributed by atoms with Crippen LogP contribution in [0.2, 0.25) is 10.0 Å². The van der Waals surface area contributed by atoms with Crippen LogP contribution in [0.5, 0.6) is 5.75 Å². The molecule has 0 spiro atoms. The van der Waals surface area contributed by atoms with Crippen molar-refractivity contribution < 1.29 is 9.90 Å². The smallest absolute Gasteiger partial charge is 0.308 e. The molecule has 0 unspecified atom stereocenters. The Kier molecular flexibility index (Phi) is 10.1. The molecule has 37 heavy (non-hydrogen) atoms. The van der Waals surface area contributed by atoms with Crippen LogP contribution in [0.4, 0.5) is 0 Å². The van der Waals surface area contributed by atoms with Crippen molar-refractivity contribution in [3.05, 3.63) is 61.2 Å². The lowest BCUT2D eigenvalue weighted by Crippen LogP contribution is -2.48. The Morgan fingerprint density at radius 2 is 1.89 bits per heavy atom. The molecule has 0 radical (unpaired) electrons. The topological polar surface area (TPSA) is 101 Å². The molecule has 0 saturated carbocycles. The number of nitrogens with one attached hydrogen (secondary N) is 1. The second kappa shape index (κ2) is 12.6. The Labute approximate surface area is 232 Å². The predicted octanol–water partition coefficient (Wildman–Crippen LogP) is 4.67. The van der Waals surface area contributed by atoms with Crippen LogP contribution in [-0.2, 0) is 24.2 Å². The van der Waals surface area contributed by atoms with Crippen molar-refractivity contribution >= 4 is 50.7 Å². The number of aromatic nitrogens is 1. The van der Waals surface area contributed by atoms with Crippen LogP contribution in [0.1, 0.15) is 38.8 Å². The summed E-state index contributed by atoms with van der Waals surface area (Å²) in [5, 5.41) is 14.9. The third kappa shape index (κ3) is 7.94. The monoisotopic (exact) mass is 566 g/mol. The Bertz CT molecular complexity index is 1300. The van der Waals surface area contributed by atoms with Crippen LogP contribution in [0.15, 0.2) is 35.1 Å². The third-order valence-electron chi connectivity index (χ3n) is 5.98. The predicted molar refractivity (Wildman–Crippen MR) is 154 cm³/mol. The lowest BCUT2D eigenvalue weighted by molar-refractivity contribution is -0.133. The Morgan fingerprint density at radius 1 is 1.16 bits per heavy atom. The molecule has 0 fully saturated rings. The zero-order chi connectivity index (χ0) is 27.3. The molecule has 0 aliphatic heterocycles. The highest BCUT2D eigenvalue weighted by Crippen LogP contribution is 2.31. The molecule has 0 bridgehead atoms. The van der Waals surface area contributed by atoms with E-state index in [0.717, 1.165) is 27.2 Å². The van der Waals surface area contributed by atoms with Crippen LogP contribution < -0.4 is 15.9 Å². The molecular weight excluding hydrogens is 531 g/mol. The fourth-order valence-electron chi connectivity index (χ4n) is 4.24. The molecule has 1 aromatic heterocycles. The summed E-state index contributed by atoms with van der Waals surface area (Å²) in [5.74, 6) is 0.0374. The van der Waals surface area contributed by atoms with Crippen molar-refractivity contribution in [3.8, 4) is 5.75 Å². The molecule has 0 saturated heterocycles. The summed E-state index contributed by atoms with van der Waals surface area (Å²) < 4.78 is 2.42. The maximum atomic E-state index is 12.8. The fraction of sp³-hybridized carbons (Fsp3) is 0.481. The molecule has 3 rings (SSSR count). The maximum Gasteiger partial charge on any atom is 0.308 e. The van der Waals surface area contributed by atoms with Crippen molar-refractivity contribution in [1.29, 1.82) is 0 Å². The molecule has 1 heterocycles. The minimum Gasteiger partial charge on any atom is -0.506 e. The highest BCUT2D eigenvalue weighted by molar-refractivity contribution is 7.16. The van der Waals surface area contributed by atoms with Gasteiger partial charge >= 0.3 is 4.87 Å². The average molecular weight is 568 g/mol. The van der Waals surface area contributed by atoms with Crippen LogP contribution in [0.3, 0.4) is 0 Å². The van der Waals surface area contributed by atoms with Gasteiger partial charge in [-0.2, -0.15) is 0 Å². The minimum atomic E-state index is -0.531. The van der Waals surface area contributed by atoms with Crippen molar-refractivity contribution in [2.75, 3.05) is 26.2 Å². The standard InChI is InChI=1S/C27H36Cl2N4O3S/c1-17(30)25(35)32(16-27(2,3)4)14-12-31-11-9-19-6-8-22(34)23-24(19)37-26(36)33(23)13-10-18-5-7-20(28)21(29)15-18/h5-8,15,17,31,34H,9-14,16,30H2,1-4H3/t17-/m0/s1. The molecule has 1 atom stereocenters. The van der Waals surface area contributed by atoms with E-state index in [4.69, 9.17) is 28.9 Å². The van der Waals surface area contributed by atoms with E-state index in [1.165, 1.54) is 0 Å². The summed E-state index contributed by atoms with van der Waals surface area (Å²) in [5.41, 5.74) is 8.33. The normalized spacial score (nSPS) is 12.7. The maximum absolute atomic E-state index is 12.8. The van der Waals surface area contributed by atoms with E-state index >= 15 is 0 Å². The van der Waals surface area contributed by atoms with Gasteiger partial charge in [-0.05, 0) is 61.1 Å². The number of nitrogens with two attached hydrogens (primary N) is 1. The number of hydrogen-bond acceptors (Lipinski definition) is 6. The van der Waals surface area contributed by atoms with E-state index in [0.29, 0.717) is 61.1 Å². The third-order valence-corrected chi connectivity index (χ3v) is 7.77. The van der Waals surface area contributed by atoms with Crippen LogP contribution in [0, 0.1) is 5.41 Å². The number of phenolic OH excluding ortho intramolecular Hbond substituents is 1. The van der Waals surface area contributed by atoms with Gasteiger partial charge in [-0.3, -0.25) is 14.2 Å². The number of hydrogen-bond donors (Lipinski definition) is 3. The van der Waals surface area contributed by atoms with Gasteiger partial charge in [0, 0.05) is 26.2 Å². The fourth-order valence-corrected chi connectivity index (χ4v) is 5.64. The van der Waals surface area contributed by atoms with E-state index in [2.05, 4.69) is 26.1 Å². The average Bonchev–Trinajstić information content (AvgIpc) is 3.15. The largest absolute Gasteiger partial charge is 0.506 e. The zero-order valence-electron chi connectivity index (χ0n) is 21.8. The lowest BCUT2D eigenvalue weighted by Gasteiger charge is -2.31. The van der Waals surface area contributed by atoms with E-state index < -0.39 is 6.04 Å². The number of aryl methyl sites for hydroxylation is 2. The Balaban J connectivity index is 1.65. The van der Waals surface area contributed by atoms with E-state index in [-0.39, 0.29) is 21.9 Å². The first-order valence-electron chi connectivity index (χ1n) is 12.4. The number of halogens is 2. The summed E-state index contributed by atoms with van der Waals surface area (Å²) in [6.07, 6.45) is 1.27. The summed E-state index contributed by atoms with van der Waals surface area (Å²) >= 11 is 13.3. The van der Waals surface area contributed by atoms with E-state index in [1.807, 2.05) is 17.0 Å². The van der Waals surface area contributed by atoms with Crippen molar-refractivity contribution in [3.63, 3.8) is 0 Å². The first kappa shape index (κ1) is 29.5. The van der Waals surface area contributed by atoms with E-state index in [1.54, 1.807) is 29.7 Å². The molecule has 1 amide bonds. The van der Waals surface area contributed by atoms with Crippen molar-refractivity contribution in [2.45, 2.75) is 53.1 Å². The van der Waals surface area contributed by atoms with Gasteiger partial charge < -0.3 is 21.1 Å². The Morgan fingerprint density at radius 3 is 2.54 bits per heavy atom. The molecule has 4 N–H and O–H groups in total. The molecule has 2 aromatic carbocycles. The number of carbonyl (C=O) groups excluding carboxylic acids is 1. The number of benzene rings is 2. The number of amides is 1. The zero-order valence-corrected chi connectivity index (χ0v) is 24.1. The second-order valence-electron chi connectivity index (χ2n) is 10.5. The number of phenols is 1. The van der Waals surface area contributed by atoms with Crippen molar-refractivity contribution in [2.24, 2.45) is 11.1 Å². The summed E-state index contributed by atoms with van der Waals surface area (Å²) in [4.78, 5) is 27.0. The van der Waals surface area contributed by atoms with Crippen LogP contribution in [0.25, 0.3) is 10.2 Å². The quantitative estimate of drug-likeness (QED) is 0.293. The highest BCUT2D eigenvalue weighted by atomic mass is 35.5. The van der Waals surface area contributed by atoms with Gasteiger partial charge in [-0.25, -0.2) is 0 Å². The first-order chi connectivity index (χ1) is 17.4. The second-order valence-corrected chi connectivity index (χ2v) is 12.3. The summed E-state index contributed by atoms with van der Waals surface area (Å²) in [6, 6.07) is 8.40. The van der Waals surface area contributed by atoms with Crippen molar-refractivity contribution in [1.82, 2.24) is 14.8 Å². The minimum absolute atomic E-state index is 0.0212. The van der Waals surface area contributed by atoms with Gasteiger partial charge in [-0.15, -0.1) is 0 Å². The SMILES string of the molecule is C[C@H](N)C(=O)N(CCNCCc1ccc(O)c2c1sc(=O)n2CCc1ccc(Cl)c(Cl)c1)CC(C)(C)C. The van der Waals surface area contributed by atoms with Crippen LogP contribution in [-0.4, -0.2) is 52.7 Å². The molecular formula is C27H36Cl2N4O3S. The van der Waals surface area contributed by atoms with Gasteiger partial charge in [0.25, 0.3) is 0 Å². The molecule has 10 heteroatoms. The highest BCUT2D eigenvalue weighted by Gasteiger charge is 2.23. The van der Waals surface area contributed by atoms with Crippen LogP contribution >= 0.6 is 34.5 Å². The lowest BCUT2D eigenvalue weighted by atomic mass is 9.95. The molecule has 3 aromatic rings. The van der Waals surface area contributed by atoms with Gasteiger partial charge in [0.1, 0.15) is 11.3 Å². The number of thiazole rings is 1. The summed E-state index contributed by atoms with van der Waals surface area (Å²) in [7, 11) is 0. The number of aromatic hydroxyl groups is 1. The van der Waals surface area contributed by atoms with Gasteiger partial charge in [-0.1, -0.05) is 67.4 Å². The first-order valence-corrected chi connectivity index (χ1v) is 14.0. The molecule has 0 aliphatic rings. The number of rotatable bonds is 11. The van der Waals surface area contributed by atoms with Gasteiger partial charge in [0.2, 0.25) is 5.91 Å². The number of carbonyl (C=O) groups is 1. The Hall–Kier alpha value is -2.10. The molecule has 0 aliphatic carbocycles.